The quantitative estimate of drug-likeness (QED) is 0.694. The van der Waals surface area contributed by atoms with E-state index < -0.39 is 0 Å². The van der Waals surface area contributed by atoms with Crippen LogP contribution in [0.2, 0.25) is 0 Å². The maximum absolute atomic E-state index is 13.1. The molecule has 0 unspecified atom stereocenters. The number of halogens is 1. The third kappa shape index (κ3) is 2.09. The van der Waals surface area contributed by atoms with Crippen LogP contribution in [0.1, 0.15) is 25.3 Å². The van der Waals surface area contributed by atoms with E-state index in [-0.39, 0.29) is 5.82 Å². The van der Waals surface area contributed by atoms with E-state index in [1.165, 1.54) is 17.7 Å². The number of hydrogen-bond donors (Lipinski definition) is 1. The summed E-state index contributed by atoms with van der Waals surface area (Å²) >= 11 is 0. The van der Waals surface area contributed by atoms with E-state index >= 15 is 0 Å². The lowest BCUT2D eigenvalue weighted by Crippen LogP contribution is -1.97. The van der Waals surface area contributed by atoms with E-state index in [0.29, 0.717) is 5.69 Å². The van der Waals surface area contributed by atoms with Gasteiger partial charge in [0, 0.05) is 11.3 Å². The van der Waals surface area contributed by atoms with Crippen LogP contribution in [0.15, 0.2) is 35.9 Å². The second-order valence-corrected chi connectivity index (χ2v) is 3.94. The number of hydrogen-bond acceptors (Lipinski definition) is 1. The normalized spacial score (nSPS) is 15.9. The predicted molar refractivity (Wildman–Crippen MR) is 61.8 cm³/mol. The molecule has 0 radical (unpaired) electrons. The number of benzene rings is 1. The van der Waals surface area contributed by atoms with Crippen molar-refractivity contribution in [3.63, 3.8) is 0 Å². The van der Waals surface area contributed by atoms with Gasteiger partial charge in [-0.25, -0.2) is 4.39 Å². The molecule has 78 valence electrons. The zero-order valence-electron chi connectivity index (χ0n) is 8.76. The molecule has 2 heteroatoms. The zero-order valence-corrected chi connectivity index (χ0v) is 8.76. The zero-order chi connectivity index (χ0) is 10.8. The van der Waals surface area contributed by atoms with E-state index in [4.69, 9.17) is 5.73 Å². The Balaban J connectivity index is 2.42. The van der Waals surface area contributed by atoms with Gasteiger partial charge in [0.05, 0.1) is 0 Å². The molecule has 1 aliphatic rings. The summed E-state index contributed by atoms with van der Waals surface area (Å²) in [5.74, 6) is -0.230. The van der Waals surface area contributed by atoms with Crippen LogP contribution in [0.25, 0.3) is 5.57 Å². The second kappa shape index (κ2) is 3.89. The van der Waals surface area contributed by atoms with Gasteiger partial charge in [-0.2, -0.15) is 0 Å². The number of anilines is 1. The Kier molecular flexibility index (Phi) is 2.58. The summed E-state index contributed by atoms with van der Waals surface area (Å²) in [6.45, 7) is 2.10. The van der Waals surface area contributed by atoms with Crippen molar-refractivity contribution in [1.82, 2.24) is 0 Å². The lowest BCUT2D eigenvalue weighted by atomic mass is 9.93. The Morgan fingerprint density at radius 3 is 2.67 bits per heavy atom. The van der Waals surface area contributed by atoms with Gasteiger partial charge < -0.3 is 5.73 Å². The molecule has 0 spiro atoms. The van der Waals surface area contributed by atoms with Crippen LogP contribution in [-0.2, 0) is 0 Å². The fourth-order valence-electron chi connectivity index (χ4n) is 1.77. The molecule has 0 heterocycles. The first-order chi connectivity index (χ1) is 7.16. The molecule has 15 heavy (non-hydrogen) atoms. The molecule has 0 fully saturated rings. The molecule has 2 N–H and O–H groups in total. The van der Waals surface area contributed by atoms with Crippen LogP contribution in [0.5, 0.6) is 0 Å². The molecule has 0 bridgehead atoms. The molecule has 0 saturated carbocycles. The van der Waals surface area contributed by atoms with E-state index in [2.05, 4.69) is 13.0 Å². The van der Waals surface area contributed by atoms with Crippen LogP contribution in [-0.4, -0.2) is 0 Å². The van der Waals surface area contributed by atoms with E-state index in [9.17, 15) is 4.39 Å². The Hall–Kier alpha value is -1.57. The van der Waals surface area contributed by atoms with Gasteiger partial charge in [-0.15, -0.1) is 0 Å². The Labute approximate surface area is 89.1 Å². The Morgan fingerprint density at radius 2 is 2.00 bits per heavy atom. The highest BCUT2D eigenvalue weighted by Gasteiger charge is 2.09. The highest BCUT2D eigenvalue weighted by molar-refractivity contribution is 5.76. The summed E-state index contributed by atoms with van der Waals surface area (Å²) in [4.78, 5) is 0. The van der Waals surface area contributed by atoms with Gasteiger partial charge in [-0.1, -0.05) is 17.7 Å². The molecule has 1 nitrogen and oxygen atoms in total. The SMILES string of the molecule is CC1=CC=C(c2cc(F)ccc2N)CC1. The third-order valence-electron chi connectivity index (χ3n) is 2.72. The minimum Gasteiger partial charge on any atom is -0.398 e. The number of nitrogen functional groups attached to an aromatic ring is 1. The smallest absolute Gasteiger partial charge is 0.123 e. The first-order valence-corrected chi connectivity index (χ1v) is 5.08. The van der Waals surface area contributed by atoms with Crippen molar-refractivity contribution < 1.29 is 4.39 Å². The van der Waals surface area contributed by atoms with Crippen molar-refractivity contribution in [3.05, 3.63) is 47.3 Å². The summed E-state index contributed by atoms with van der Waals surface area (Å²) in [6.07, 6.45) is 6.07. The molecule has 0 aromatic heterocycles. The van der Waals surface area contributed by atoms with Crippen molar-refractivity contribution in [1.29, 1.82) is 0 Å². The van der Waals surface area contributed by atoms with Gasteiger partial charge >= 0.3 is 0 Å². The summed E-state index contributed by atoms with van der Waals surface area (Å²) < 4.78 is 13.1. The van der Waals surface area contributed by atoms with Gasteiger partial charge in [0.2, 0.25) is 0 Å². The molecule has 0 saturated heterocycles. The van der Waals surface area contributed by atoms with Crippen LogP contribution in [0.3, 0.4) is 0 Å². The van der Waals surface area contributed by atoms with Crippen molar-refractivity contribution in [2.24, 2.45) is 0 Å². The fourth-order valence-corrected chi connectivity index (χ4v) is 1.77. The molecule has 1 aromatic rings. The maximum atomic E-state index is 13.1. The standard InChI is InChI=1S/C13H14FN/c1-9-2-4-10(5-3-9)12-8-11(14)6-7-13(12)15/h2,4,6-8H,3,5,15H2,1H3. The fraction of sp³-hybridized carbons (Fsp3) is 0.231. The van der Waals surface area contributed by atoms with Gasteiger partial charge in [0.25, 0.3) is 0 Å². The largest absolute Gasteiger partial charge is 0.398 e. The van der Waals surface area contributed by atoms with Crippen LogP contribution in [0.4, 0.5) is 10.1 Å². The maximum Gasteiger partial charge on any atom is 0.123 e. The van der Waals surface area contributed by atoms with E-state index in [1.54, 1.807) is 6.07 Å². The Morgan fingerprint density at radius 1 is 1.20 bits per heavy atom. The van der Waals surface area contributed by atoms with Crippen molar-refractivity contribution in [3.8, 4) is 0 Å². The molecular formula is C13H14FN. The highest BCUT2D eigenvalue weighted by atomic mass is 19.1. The first kappa shape index (κ1) is 9.97. The van der Waals surface area contributed by atoms with Crippen molar-refractivity contribution >= 4 is 11.3 Å². The molecule has 0 atom stereocenters. The van der Waals surface area contributed by atoms with Crippen molar-refractivity contribution in [2.75, 3.05) is 5.73 Å². The minimum atomic E-state index is -0.230. The lowest BCUT2D eigenvalue weighted by molar-refractivity contribution is 0.627. The molecule has 2 rings (SSSR count). The summed E-state index contributed by atoms with van der Waals surface area (Å²) in [6, 6.07) is 4.52. The van der Waals surface area contributed by atoms with Crippen molar-refractivity contribution in [2.45, 2.75) is 19.8 Å². The van der Waals surface area contributed by atoms with Crippen LogP contribution < -0.4 is 5.73 Å². The first-order valence-electron chi connectivity index (χ1n) is 5.08. The van der Waals surface area contributed by atoms with Gasteiger partial charge in [-0.05, 0) is 43.5 Å². The third-order valence-corrected chi connectivity index (χ3v) is 2.72. The van der Waals surface area contributed by atoms with Crippen LogP contribution in [0, 0.1) is 5.82 Å². The second-order valence-electron chi connectivity index (χ2n) is 3.94. The number of nitrogens with two attached hydrogens (primary N) is 1. The van der Waals surface area contributed by atoms with Gasteiger partial charge in [0.1, 0.15) is 5.82 Å². The Bertz CT molecular complexity index is 444. The van der Waals surface area contributed by atoms with Crippen LogP contribution >= 0.6 is 0 Å². The topological polar surface area (TPSA) is 26.0 Å². The minimum absolute atomic E-state index is 0.230. The number of allylic oxidation sites excluding steroid dienone is 4. The van der Waals surface area contributed by atoms with Gasteiger partial charge in [0.15, 0.2) is 0 Å². The average Bonchev–Trinajstić information content (AvgIpc) is 2.23. The predicted octanol–water partition coefficient (Wildman–Crippen LogP) is 3.53. The lowest BCUT2D eigenvalue weighted by Gasteiger charge is -2.14. The monoisotopic (exact) mass is 203 g/mol. The van der Waals surface area contributed by atoms with E-state index in [1.807, 2.05) is 6.08 Å². The molecular weight excluding hydrogens is 189 g/mol. The summed E-state index contributed by atoms with van der Waals surface area (Å²) in [5, 5.41) is 0. The molecule has 1 aliphatic carbocycles. The summed E-state index contributed by atoms with van der Waals surface area (Å²) in [7, 11) is 0. The molecule has 1 aromatic carbocycles. The molecule has 0 amide bonds. The van der Waals surface area contributed by atoms with Gasteiger partial charge in [-0.3, -0.25) is 0 Å². The highest BCUT2D eigenvalue weighted by Crippen LogP contribution is 2.30. The average molecular weight is 203 g/mol. The van der Waals surface area contributed by atoms with E-state index in [0.717, 1.165) is 24.0 Å². The number of rotatable bonds is 1. The molecule has 0 aliphatic heterocycles. The summed E-state index contributed by atoms with van der Waals surface area (Å²) in [5.41, 5.74) is 9.79.